The second-order valence-corrected chi connectivity index (χ2v) is 6.21. The summed E-state index contributed by atoms with van der Waals surface area (Å²) >= 11 is 5.82. The molecule has 0 aliphatic heterocycles. The number of benzene rings is 2. The van der Waals surface area contributed by atoms with E-state index in [1.807, 2.05) is 6.92 Å². The molecule has 2 aromatic carbocycles. The smallest absolute Gasteiger partial charge is 0.306 e. The first-order chi connectivity index (χ1) is 11.4. The molecular formula is C19H19ClO4. The van der Waals surface area contributed by atoms with Gasteiger partial charge in [-0.25, -0.2) is 0 Å². The molecule has 0 bridgehead atoms. The third-order valence-electron chi connectivity index (χ3n) is 3.98. The standard InChI is InChI=1S/C19H19ClO4/c1-12(13(2)19(22)23)11-24-17-9-5-15(6-10-17)18(21)14-3-7-16(20)8-4-14/h3-10,12-13H,11H2,1-2H3,(H,22,23). The van der Waals surface area contributed by atoms with Gasteiger partial charge in [-0.05, 0) is 48.5 Å². The highest BCUT2D eigenvalue weighted by Crippen LogP contribution is 2.19. The first-order valence-corrected chi connectivity index (χ1v) is 8.02. The zero-order chi connectivity index (χ0) is 17.7. The quantitative estimate of drug-likeness (QED) is 0.759. The summed E-state index contributed by atoms with van der Waals surface area (Å²) in [6.45, 7) is 3.79. The minimum Gasteiger partial charge on any atom is -0.493 e. The van der Waals surface area contributed by atoms with Crippen LogP contribution in [-0.4, -0.2) is 23.5 Å². The number of ether oxygens (including phenoxy) is 1. The molecule has 0 aliphatic rings. The molecule has 2 aromatic rings. The summed E-state index contributed by atoms with van der Waals surface area (Å²) < 4.78 is 5.60. The van der Waals surface area contributed by atoms with Gasteiger partial charge in [-0.2, -0.15) is 0 Å². The van der Waals surface area contributed by atoms with Gasteiger partial charge < -0.3 is 9.84 Å². The van der Waals surface area contributed by atoms with Crippen LogP contribution in [0.5, 0.6) is 5.75 Å². The van der Waals surface area contributed by atoms with Crippen molar-refractivity contribution in [3.63, 3.8) is 0 Å². The first-order valence-electron chi connectivity index (χ1n) is 7.64. The molecule has 4 nitrogen and oxygen atoms in total. The average Bonchev–Trinajstić information content (AvgIpc) is 2.59. The number of hydrogen-bond acceptors (Lipinski definition) is 3. The van der Waals surface area contributed by atoms with Crippen molar-refractivity contribution in [2.24, 2.45) is 11.8 Å². The molecule has 0 spiro atoms. The maximum absolute atomic E-state index is 12.4. The summed E-state index contributed by atoms with van der Waals surface area (Å²) in [6.07, 6.45) is 0. The Bertz CT molecular complexity index is 707. The van der Waals surface area contributed by atoms with Crippen LogP contribution in [0, 0.1) is 11.8 Å². The molecule has 1 N–H and O–H groups in total. The Hall–Kier alpha value is -2.33. The van der Waals surface area contributed by atoms with E-state index in [0.29, 0.717) is 28.5 Å². The van der Waals surface area contributed by atoms with Gasteiger partial charge in [-0.15, -0.1) is 0 Å². The predicted octanol–water partition coefficient (Wildman–Crippen LogP) is 4.31. The van der Waals surface area contributed by atoms with Crippen molar-refractivity contribution in [1.29, 1.82) is 0 Å². The summed E-state index contributed by atoms with van der Waals surface area (Å²) in [6, 6.07) is 13.5. The second kappa shape index (κ2) is 7.97. The van der Waals surface area contributed by atoms with Crippen molar-refractivity contribution >= 4 is 23.4 Å². The van der Waals surface area contributed by atoms with Gasteiger partial charge in [0.2, 0.25) is 0 Å². The lowest BCUT2D eigenvalue weighted by Gasteiger charge is -2.16. The van der Waals surface area contributed by atoms with E-state index in [2.05, 4.69) is 0 Å². The van der Waals surface area contributed by atoms with E-state index in [0.717, 1.165) is 0 Å². The molecule has 2 atom stereocenters. The largest absolute Gasteiger partial charge is 0.493 e. The summed E-state index contributed by atoms with van der Waals surface area (Å²) in [5.41, 5.74) is 1.12. The van der Waals surface area contributed by atoms with Crippen LogP contribution >= 0.6 is 11.6 Å². The van der Waals surface area contributed by atoms with Crippen molar-refractivity contribution in [3.8, 4) is 5.75 Å². The first kappa shape index (κ1) is 18.0. The third kappa shape index (κ3) is 4.59. The van der Waals surface area contributed by atoms with E-state index in [1.54, 1.807) is 55.5 Å². The fraction of sp³-hybridized carbons (Fsp3) is 0.263. The summed E-state index contributed by atoms with van der Waals surface area (Å²) in [4.78, 5) is 23.3. The number of carboxylic acid groups (broad SMARTS) is 1. The molecule has 0 aromatic heterocycles. The molecule has 2 rings (SSSR count). The Morgan fingerprint density at radius 3 is 2.00 bits per heavy atom. The maximum Gasteiger partial charge on any atom is 0.306 e. The highest BCUT2D eigenvalue weighted by molar-refractivity contribution is 6.30. The lowest BCUT2D eigenvalue weighted by molar-refractivity contribution is -0.143. The van der Waals surface area contributed by atoms with Crippen LogP contribution in [0.15, 0.2) is 48.5 Å². The zero-order valence-corrected chi connectivity index (χ0v) is 14.3. The number of halogens is 1. The number of aliphatic carboxylic acids is 1. The number of carbonyl (C=O) groups is 2. The van der Waals surface area contributed by atoms with Crippen molar-refractivity contribution < 1.29 is 19.4 Å². The lowest BCUT2D eigenvalue weighted by atomic mass is 9.97. The molecule has 0 saturated carbocycles. The van der Waals surface area contributed by atoms with Gasteiger partial charge in [0.05, 0.1) is 12.5 Å². The van der Waals surface area contributed by atoms with E-state index < -0.39 is 11.9 Å². The van der Waals surface area contributed by atoms with Gasteiger partial charge in [-0.3, -0.25) is 9.59 Å². The van der Waals surface area contributed by atoms with Gasteiger partial charge in [0.1, 0.15) is 5.75 Å². The Morgan fingerprint density at radius 2 is 1.50 bits per heavy atom. The van der Waals surface area contributed by atoms with E-state index in [-0.39, 0.29) is 11.7 Å². The van der Waals surface area contributed by atoms with E-state index in [4.69, 9.17) is 21.4 Å². The summed E-state index contributed by atoms with van der Waals surface area (Å²) in [7, 11) is 0. The van der Waals surface area contributed by atoms with Crippen LogP contribution in [-0.2, 0) is 4.79 Å². The molecule has 0 amide bonds. The van der Waals surface area contributed by atoms with Crippen LogP contribution in [0.4, 0.5) is 0 Å². The minimum absolute atomic E-state index is 0.0916. The van der Waals surface area contributed by atoms with Crippen LogP contribution in [0.1, 0.15) is 29.8 Å². The van der Waals surface area contributed by atoms with Crippen LogP contribution in [0.2, 0.25) is 5.02 Å². The third-order valence-corrected chi connectivity index (χ3v) is 4.23. The highest BCUT2D eigenvalue weighted by atomic mass is 35.5. The van der Waals surface area contributed by atoms with E-state index in [9.17, 15) is 9.59 Å². The van der Waals surface area contributed by atoms with Crippen molar-refractivity contribution in [2.75, 3.05) is 6.61 Å². The van der Waals surface area contributed by atoms with Gasteiger partial charge in [0, 0.05) is 22.1 Å². The Kier molecular flexibility index (Phi) is 5.99. The van der Waals surface area contributed by atoms with Gasteiger partial charge in [0.25, 0.3) is 0 Å². The molecule has 0 radical (unpaired) electrons. The molecule has 5 heteroatoms. The zero-order valence-electron chi connectivity index (χ0n) is 13.5. The highest BCUT2D eigenvalue weighted by Gasteiger charge is 2.19. The fourth-order valence-corrected chi connectivity index (χ4v) is 2.21. The van der Waals surface area contributed by atoms with Crippen LogP contribution < -0.4 is 4.74 Å². The molecule has 0 heterocycles. The van der Waals surface area contributed by atoms with Crippen molar-refractivity contribution in [1.82, 2.24) is 0 Å². The number of ketones is 1. The molecule has 24 heavy (non-hydrogen) atoms. The van der Waals surface area contributed by atoms with Crippen molar-refractivity contribution in [2.45, 2.75) is 13.8 Å². The topological polar surface area (TPSA) is 63.6 Å². The Balaban J connectivity index is 1.99. The SMILES string of the molecule is CC(COc1ccc(C(=O)c2ccc(Cl)cc2)cc1)C(C)C(=O)O. The second-order valence-electron chi connectivity index (χ2n) is 5.78. The monoisotopic (exact) mass is 346 g/mol. The van der Waals surface area contributed by atoms with Crippen LogP contribution in [0.25, 0.3) is 0 Å². The maximum atomic E-state index is 12.4. The van der Waals surface area contributed by atoms with E-state index >= 15 is 0 Å². The Morgan fingerprint density at radius 1 is 1.00 bits per heavy atom. The predicted molar refractivity (Wildman–Crippen MR) is 92.8 cm³/mol. The van der Waals surface area contributed by atoms with Gasteiger partial charge >= 0.3 is 5.97 Å². The molecule has 0 aliphatic carbocycles. The summed E-state index contributed by atoms with van der Waals surface area (Å²) in [5, 5.41) is 9.55. The molecule has 0 saturated heterocycles. The van der Waals surface area contributed by atoms with Crippen LogP contribution in [0.3, 0.4) is 0 Å². The van der Waals surface area contributed by atoms with Gasteiger partial charge in [0.15, 0.2) is 5.78 Å². The van der Waals surface area contributed by atoms with E-state index in [1.165, 1.54) is 0 Å². The normalized spacial score (nSPS) is 13.1. The lowest BCUT2D eigenvalue weighted by Crippen LogP contribution is -2.23. The molecule has 126 valence electrons. The average molecular weight is 347 g/mol. The minimum atomic E-state index is -0.838. The number of hydrogen-bond donors (Lipinski definition) is 1. The molecular weight excluding hydrogens is 328 g/mol. The van der Waals surface area contributed by atoms with Crippen molar-refractivity contribution in [3.05, 3.63) is 64.7 Å². The number of carboxylic acids is 1. The fourth-order valence-electron chi connectivity index (χ4n) is 2.09. The van der Waals surface area contributed by atoms with Gasteiger partial charge in [-0.1, -0.05) is 25.4 Å². The molecule has 0 fully saturated rings. The summed E-state index contributed by atoms with van der Waals surface area (Å²) in [5.74, 6) is -0.915. The molecule has 2 unspecified atom stereocenters. The Labute approximate surface area is 146 Å². The number of rotatable bonds is 7. The number of carbonyl (C=O) groups excluding carboxylic acids is 1.